The molecule has 0 bridgehead atoms. The Kier molecular flexibility index (Phi) is 7.21. The fourth-order valence-electron chi connectivity index (χ4n) is 3.48. The smallest absolute Gasteiger partial charge is 0.228 e. The molecule has 1 aliphatic carbocycles. The number of carbonyl (C=O) groups excluding carboxylic acids is 2. The van der Waals surface area contributed by atoms with Crippen molar-refractivity contribution >= 4 is 11.6 Å². The van der Waals surface area contributed by atoms with Gasteiger partial charge in [0, 0.05) is 16.6 Å². The Labute approximate surface area is 152 Å². The van der Waals surface area contributed by atoms with Crippen molar-refractivity contribution < 1.29 is 19.1 Å². The van der Waals surface area contributed by atoms with E-state index in [1.54, 1.807) is 6.92 Å². The molecule has 0 aromatic carbocycles. The number of ether oxygens (including phenoxy) is 2. The number of carbonyl (C=O) groups is 2. The van der Waals surface area contributed by atoms with Crippen molar-refractivity contribution in [2.45, 2.75) is 60.8 Å². The van der Waals surface area contributed by atoms with Crippen molar-refractivity contribution in [1.29, 1.82) is 0 Å². The van der Waals surface area contributed by atoms with Gasteiger partial charge >= 0.3 is 0 Å². The van der Waals surface area contributed by atoms with Crippen LogP contribution in [-0.4, -0.2) is 25.8 Å². The lowest BCUT2D eigenvalue weighted by Crippen LogP contribution is -2.33. The second-order valence-corrected chi connectivity index (χ2v) is 7.20. The Balaban J connectivity index is 3.43. The molecule has 0 saturated heterocycles. The molecule has 140 valence electrons. The molecule has 25 heavy (non-hydrogen) atoms. The lowest BCUT2D eigenvalue weighted by Gasteiger charge is -2.32. The van der Waals surface area contributed by atoms with Crippen molar-refractivity contribution in [2.24, 2.45) is 11.3 Å². The second-order valence-electron chi connectivity index (χ2n) is 7.20. The number of hydrogen-bond donors (Lipinski definition) is 0. The van der Waals surface area contributed by atoms with Gasteiger partial charge in [0.05, 0.1) is 14.2 Å². The van der Waals surface area contributed by atoms with E-state index in [9.17, 15) is 9.59 Å². The predicted octanol–water partition coefficient (Wildman–Crippen LogP) is 4.76. The quantitative estimate of drug-likeness (QED) is 0.469. The van der Waals surface area contributed by atoms with Gasteiger partial charge in [-0.1, -0.05) is 45.8 Å². The summed E-state index contributed by atoms with van der Waals surface area (Å²) in [6.07, 6.45) is 4.96. The summed E-state index contributed by atoms with van der Waals surface area (Å²) in [6, 6.07) is 0. The van der Waals surface area contributed by atoms with Crippen molar-refractivity contribution in [3.8, 4) is 0 Å². The number of ketones is 2. The first-order chi connectivity index (χ1) is 11.7. The molecule has 4 nitrogen and oxygen atoms in total. The molecule has 0 spiro atoms. The van der Waals surface area contributed by atoms with E-state index in [0.29, 0.717) is 17.1 Å². The zero-order chi connectivity index (χ0) is 19.4. The van der Waals surface area contributed by atoms with Crippen LogP contribution in [0.3, 0.4) is 0 Å². The Morgan fingerprint density at radius 2 is 1.64 bits per heavy atom. The molecule has 0 fully saturated rings. The highest BCUT2D eigenvalue weighted by atomic mass is 16.5. The first-order valence-electron chi connectivity index (χ1n) is 8.98. The van der Waals surface area contributed by atoms with Gasteiger partial charge in [0.1, 0.15) is 0 Å². The summed E-state index contributed by atoms with van der Waals surface area (Å²) < 4.78 is 10.3. The largest absolute Gasteiger partial charge is 0.489 e. The molecule has 4 heteroatoms. The lowest BCUT2D eigenvalue weighted by atomic mass is 9.71. The molecule has 0 aliphatic heterocycles. The van der Waals surface area contributed by atoms with Crippen LogP contribution in [0.1, 0.15) is 60.8 Å². The van der Waals surface area contributed by atoms with Gasteiger partial charge in [0.25, 0.3) is 0 Å². The van der Waals surface area contributed by atoms with Crippen LogP contribution < -0.4 is 0 Å². The third-order valence-electron chi connectivity index (χ3n) is 5.21. The molecular weight excluding hydrogens is 316 g/mol. The molecule has 0 amide bonds. The van der Waals surface area contributed by atoms with Crippen molar-refractivity contribution in [3.63, 3.8) is 0 Å². The van der Waals surface area contributed by atoms with Crippen LogP contribution in [0, 0.1) is 11.3 Å². The molecule has 2 atom stereocenters. The maximum atomic E-state index is 13.0. The lowest BCUT2D eigenvalue weighted by molar-refractivity contribution is -0.121. The Morgan fingerprint density at radius 1 is 1.12 bits per heavy atom. The van der Waals surface area contributed by atoms with Crippen LogP contribution in [0.4, 0.5) is 0 Å². The van der Waals surface area contributed by atoms with Gasteiger partial charge in [0.15, 0.2) is 0 Å². The van der Waals surface area contributed by atoms with Gasteiger partial charge in [-0.05, 0) is 32.6 Å². The van der Waals surface area contributed by atoms with Crippen molar-refractivity contribution in [3.05, 3.63) is 34.3 Å². The molecule has 1 aliphatic rings. The Bertz CT molecular complexity index is 636. The third-order valence-corrected chi connectivity index (χ3v) is 5.21. The second kappa shape index (κ2) is 8.50. The summed E-state index contributed by atoms with van der Waals surface area (Å²) in [5, 5.41) is 0. The maximum absolute atomic E-state index is 13.0. The first kappa shape index (κ1) is 21.2. The number of Topliss-reactive ketones (excluding diaryl/α,β-unsaturated/α-hetero) is 2. The van der Waals surface area contributed by atoms with E-state index < -0.39 is 5.41 Å². The SMILES string of the molecule is CCC(C)C/C(C)=C/C(C)(CC)C1=C(C)C(=O)C(OC)=C(OC)C1=O. The molecular formula is C21H32O4. The van der Waals surface area contributed by atoms with E-state index in [1.165, 1.54) is 19.8 Å². The molecule has 0 N–H and O–H groups in total. The zero-order valence-electron chi connectivity index (χ0n) is 16.9. The Hall–Kier alpha value is -1.84. The van der Waals surface area contributed by atoms with Gasteiger partial charge < -0.3 is 9.47 Å². The minimum absolute atomic E-state index is 0.000698. The summed E-state index contributed by atoms with van der Waals surface area (Å²) in [6.45, 7) is 12.2. The average molecular weight is 348 g/mol. The molecule has 0 heterocycles. The van der Waals surface area contributed by atoms with E-state index in [1.807, 2.05) is 13.8 Å². The van der Waals surface area contributed by atoms with Gasteiger partial charge in [-0.3, -0.25) is 9.59 Å². The van der Waals surface area contributed by atoms with E-state index in [4.69, 9.17) is 9.47 Å². The van der Waals surface area contributed by atoms with Crippen LogP contribution in [0.25, 0.3) is 0 Å². The summed E-state index contributed by atoms with van der Waals surface area (Å²) in [5.41, 5.74) is 1.68. The first-order valence-corrected chi connectivity index (χ1v) is 8.98. The van der Waals surface area contributed by atoms with Crippen molar-refractivity contribution in [1.82, 2.24) is 0 Å². The number of allylic oxidation sites excluding steroid dienone is 4. The molecule has 0 saturated carbocycles. The van der Waals surface area contributed by atoms with Gasteiger partial charge in [0.2, 0.25) is 23.1 Å². The average Bonchev–Trinajstić information content (AvgIpc) is 2.57. The van der Waals surface area contributed by atoms with E-state index in [2.05, 4.69) is 26.8 Å². The maximum Gasteiger partial charge on any atom is 0.228 e. The standard InChI is InChI=1S/C21H32O4/c1-9-13(3)11-14(4)12-21(6,10-2)16-15(5)17(22)19(24-7)20(25-8)18(16)23/h12-13H,9-11H2,1-8H3/b14-12+. The van der Waals surface area contributed by atoms with Crippen LogP contribution in [0.15, 0.2) is 34.3 Å². The summed E-state index contributed by atoms with van der Waals surface area (Å²) >= 11 is 0. The molecule has 0 radical (unpaired) electrons. The highest BCUT2D eigenvalue weighted by Crippen LogP contribution is 2.41. The van der Waals surface area contributed by atoms with E-state index >= 15 is 0 Å². The number of hydrogen-bond acceptors (Lipinski definition) is 4. The number of rotatable bonds is 8. The van der Waals surface area contributed by atoms with Crippen molar-refractivity contribution in [2.75, 3.05) is 14.2 Å². The van der Waals surface area contributed by atoms with Gasteiger partial charge in [-0.2, -0.15) is 0 Å². The van der Waals surface area contributed by atoms with Crippen LogP contribution in [0.2, 0.25) is 0 Å². The van der Waals surface area contributed by atoms with Gasteiger partial charge in [-0.15, -0.1) is 0 Å². The van der Waals surface area contributed by atoms with Gasteiger partial charge in [-0.25, -0.2) is 0 Å². The topological polar surface area (TPSA) is 52.6 Å². The fraction of sp³-hybridized carbons (Fsp3) is 0.619. The summed E-state index contributed by atoms with van der Waals surface area (Å²) in [5.74, 6) is 0.0499. The minimum atomic E-state index is -0.516. The zero-order valence-corrected chi connectivity index (χ0v) is 16.9. The van der Waals surface area contributed by atoms with Crippen LogP contribution in [0.5, 0.6) is 0 Å². The predicted molar refractivity (Wildman–Crippen MR) is 100.0 cm³/mol. The minimum Gasteiger partial charge on any atom is -0.489 e. The monoisotopic (exact) mass is 348 g/mol. The summed E-state index contributed by atoms with van der Waals surface area (Å²) in [4.78, 5) is 25.7. The highest BCUT2D eigenvalue weighted by molar-refractivity contribution is 6.24. The van der Waals surface area contributed by atoms with Crippen LogP contribution in [-0.2, 0) is 19.1 Å². The molecule has 0 aromatic rings. The molecule has 2 unspecified atom stereocenters. The number of methoxy groups -OCH3 is 2. The third kappa shape index (κ3) is 4.23. The van der Waals surface area contributed by atoms with E-state index in [-0.39, 0.29) is 23.1 Å². The molecule has 0 aromatic heterocycles. The Morgan fingerprint density at radius 3 is 2.08 bits per heavy atom. The summed E-state index contributed by atoms with van der Waals surface area (Å²) in [7, 11) is 2.78. The van der Waals surface area contributed by atoms with Crippen LogP contribution >= 0.6 is 0 Å². The highest BCUT2D eigenvalue weighted by Gasteiger charge is 2.41. The normalized spacial score (nSPS) is 19.9. The van der Waals surface area contributed by atoms with E-state index in [0.717, 1.165) is 19.3 Å². The fourth-order valence-corrected chi connectivity index (χ4v) is 3.48. The molecule has 1 rings (SSSR count).